The molecule has 4 rings (SSSR count). The molecule has 9 nitrogen and oxygen atoms in total. The van der Waals surface area contributed by atoms with Crippen molar-refractivity contribution in [1.29, 1.82) is 0 Å². The largest absolute Gasteiger partial charge is 0.493 e. The number of hydrogen-bond donors (Lipinski definition) is 2. The normalized spacial score (nSPS) is 14.8. The van der Waals surface area contributed by atoms with E-state index in [1.807, 2.05) is 0 Å². The minimum Gasteiger partial charge on any atom is -0.493 e. The number of aromatic nitrogens is 4. The fourth-order valence-corrected chi connectivity index (χ4v) is 3.61. The van der Waals surface area contributed by atoms with Crippen LogP contribution in [0.5, 0.6) is 11.5 Å². The van der Waals surface area contributed by atoms with Gasteiger partial charge in [0.2, 0.25) is 0 Å². The molecule has 1 aromatic carbocycles. The summed E-state index contributed by atoms with van der Waals surface area (Å²) in [4.78, 5) is 16.3. The van der Waals surface area contributed by atoms with Crippen molar-refractivity contribution in [2.75, 3.05) is 31.9 Å². The molecular weight excluding hydrogens is 453 g/mol. The van der Waals surface area contributed by atoms with Gasteiger partial charge in [-0.15, -0.1) is 0 Å². The van der Waals surface area contributed by atoms with Crippen LogP contribution in [0.2, 0.25) is 0 Å². The molecule has 2 heterocycles. The third kappa shape index (κ3) is 5.38. The molecule has 0 aliphatic heterocycles. The maximum atomic E-state index is 13.1. The SMILES string of the molecule is COCC(Oc1cc2c(NCc3nc(N)cc(C(F)(F)F)n3)nc(C)nc2cc1OC)C1CC1. The Morgan fingerprint density at radius 3 is 2.50 bits per heavy atom. The maximum Gasteiger partial charge on any atom is 0.433 e. The van der Waals surface area contributed by atoms with E-state index in [1.54, 1.807) is 33.3 Å². The quantitative estimate of drug-likeness (QED) is 0.474. The summed E-state index contributed by atoms with van der Waals surface area (Å²) in [6.07, 6.45) is -2.62. The zero-order chi connectivity index (χ0) is 24.5. The van der Waals surface area contributed by atoms with E-state index in [0.29, 0.717) is 52.6 Å². The topological polar surface area (TPSA) is 117 Å². The van der Waals surface area contributed by atoms with Crippen LogP contribution in [0.4, 0.5) is 24.8 Å². The van der Waals surface area contributed by atoms with E-state index in [4.69, 9.17) is 19.9 Å². The minimum absolute atomic E-state index is 0.115. The van der Waals surface area contributed by atoms with Crippen LogP contribution in [0.15, 0.2) is 18.2 Å². The first-order chi connectivity index (χ1) is 16.2. The number of ether oxygens (including phenoxy) is 3. The van der Waals surface area contributed by atoms with Gasteiger partial charge in [0.25, 0.3) is 0 Å². The smallest absolute Gasteiger partial charge is 0.433 e. The van der Waals surface area contributed by atoms with Crippen LogP contribution in [-0.2, 0) is 17.5 Å². The highest BCUT2D eigenvalue weighted by atomic mass is 19.4. The Bertz CT molecular complexity index is 1190. The van der Waals surface area contributed by atoms with Gasteiger partial charge in [0.05, 0.1) is 25.8 Å². The molecular formula is C22H25F3N6O3. The van der Waals surface area contributed by atoms with Crippen molar-refractivity contribution in [1.82, 2.24) is 19.9 Å². The molecule has 0 spiro atoms. The molecule has 3 N–H and O–H groups in total. The third-order valence-electron chi connectivity index (χ3n) is 5.35. The van der Waals surface area contributed by atoms with Gasteiger partial charge in [-0.1, -0.05) is 0 Å². The van der Waals surface area contributed by atoms with Gasteiger partial charge in [0.15, 0.2) is 11.5 Å². The Hall–Kier alpha value is -3.41. The van der Waals surface area contributed by atoms with E-state index in [-0.39, 0.29) is 24.3 Å². The van der Waals surface area contributed by atoms with Gasteiger partial charge >= 0.3 is 6.18 Å². The highest BCUT2D eigenvalue weighted by Gasteiger charge is 2.34. The van der Waals surface area contributed by atoms with E-state index in [0.717, 1.165) is 12.8 Å². The van der Waals surface area contributed by atoms with E-state index >= 15 is 0 Å². The third-order valence-corrected chi connectivity index (χ3v) is 5.35. The zero-order valence-electron chi connectivity index (χ0n) is 18.9. The number of alkyl halides is 3. The van der Waals surface area contributed by atoms with Gasteiger partial charge < -0.3 is 25.3 Å². The Balaban J connectivity index is 1.66. The molecule has 0 bridgehead atoms. The van der Waals surface area contributed by atoms with Crippen molar-refractivity contribution in [2.45, 2.75) is 38.6 Å². The summed E-state index contributed by atoms with van der Waals surface area (Å²) < 4.78 is 56.3. The lowest BCUT2D eigenvalue weighted by Gasteiger charge is -2.20. The molecule has 3 aromatic rings. The number of aryl methyl sites for hydroxylation is 1. The van der Waals surface area contributed by atoms with Crippen LogP contribution in [0.3, 0.4) is 0 Å². The van der Waals surface area contributed by atoms with E-state index < -0.39 is 11.9 Å². The number of hydrogen-bond acceptors (Lipinski definition) is 9. The first-order valence-corrected chi connectivity index (χ1v) is 10.6. The van der Waals surface area contributed by atoms with Gasteiger partial charge in [0, 0.05) is 24.6 Å². The summed E-state index contributed by atoms with van der Waals surface area (Å²) in [7, 11) is 3.16. The molecule has 0 amide bonds. The number of methoxy groups -OCH3 is 2. The molecule has 34 heavy (non-hydrogen) atoms. The molecule has 1 unspecified atom stereocenters. The first kappa shape index (κ1) is 23.7. The minimum atomic E-state index is -4.63. The number of benzene rings is 1. The Kier molecular flexibility index (Phi) is 6.60. The second-order valence-corrected chi connectivity index (χ2v) is 8.03. The standard InChI is InChI=1S/C22H25F3N6O3/c1-11-28-14-7-15(33-3)16(34-17(10-32-2)12-4-5-12)6-13(14)21(29-11)27-9-20-30-18(22(23,24)25)8-19(26)31-20/h6-8,12,17H,4-5,9-10H2,1-3H3,(H2,26,30,31)(H,27,28,29). The fraction of sp³-hybridized carbons (Fsp3) is 0.455. The summed E-state index contributed by atoms with van der Waals surface area (Å²) in [5.41, 5.74) is 5.02. The van der Waals surface area contributed by atoms with Crippen molar-refractivity contribution in [3.05, 3.63) is 35.5 Å². The van der Waals surface area contributed by atoms with Crippen LogP contribution >= 0.6 is 0 Å². The summed E-state index contributed by atoms with van der Waals surface area (Å²) in [5, 5.41) is 3.61. The number of anilines is 2. The van der Waals surface area contributed by atoms with E-state index in [1.165, 1.54) is 0 Å². The maximum absolute atomic E-state index is 13.1. The average molecular weight is 478 g/mol. The lowest BCUT2D eigenvalue weighted by molar-refractivity contribution is -0.141. The number of nitrogens with one attached hydrogen (secondary N) is 1. The number of fused-ring (bicyclic) bond motifs is 1. The van der Waals surface area contributed by atoms with Crippen molar-refractivity contribution < 1.29 is 27.4 Å². The summed E-state index contributed by atoms with van der Waals surface area (Å²) in [6.45, 7) is 2.02. The summed E-state index contributed by atoms with van der Waals surface area (Å²) >= 11 is 0. The van der Waals surface area contributed by atoms with E-state index in [2.05, 4.69) is 25.3 Å². The molecule has 1 aliphatic carbocycles. The van der Waals surface area contributed by atoms with Gasteiger partial charge in [0.1, 0.15) is 35.1 Å². The molecule has 1 fully saturated rings. The van der Waals surface area contributed by atoms with Gasteiger partial charge in [-0.2, -0.15) is 13.2 Å². The van der Waals surface area contributed by atoms with Crippen molar-refractivity contribution in [2.24, 2.45) is 5.92 Å². The van der Waals surface area contributed by atoms with Crippen molar-refractivity contribution >= 4 is 22.5 Å². The van der Waals surface area contributed by atoms with Gasteiger partial charge in [-0.25, -0.2) is 19.9 Å². The molecule has 1 saturated carbocycles. The van der Waals surface area contributed by atoms with Crippen LogP contribution in [-0.4, -0.2) is 46.9 Å². The monoisotopic (exact) mass is 478 g/mol. The van der Waals surface area contributed by atoms with E-state index in [9.17, 15) is 13.2 Å². The molecule has 0 saturated heterocycles. The Labute approximate surface area is 193 Å². The lowest BCUT2D eigenvalue weighted by atomic mass is 10.2. The molecule has 182 valence electrons. The number of halogens is 3. The molecule has 1 atom stereocenters. The molecule has 1 aliphatic rings. The number of nitrogens with zero attached hydrogens (tertiary/aromatic N) is 4. The summed E-state index contributed by atoms with van der Waals surface area (Å²) in [6, 6.07) is 4.18. The molecule has 12 heteroatoms. The second kappa shape index (κ2) is 9.45. The second-order valence-electron chi connectivity index (χ2n) is 8.03. The predicted octanol–water partition coefficient (Wildman–Crippen LogP) is 3.75. The molecule has 0 radical (unpaired) electrons. The Morgan fingerprint density at radius 1 is 1.09 bits per heavy atom. The van der Waals surface area contributed by atoms with Crippen LogP contribution in [0.1, 0.15) is 30.2 Å². The lowest BCUT2D eigenvalue weighted by Crippen LogP contribution is -2.25. The number of nitrogen functional groups attached to an aromatic ring is 1. The van der Waals surface area contributed by atoms with Crippen molar-refractivity contribution in [3.63, 3.8) is 0 Å². The van der Waals surface area contributed by atoms with Crippen molar-refractivity contribution in [3.8, 4) is 11.5 Å². The van der Waals surface area contributed by atoms with Crippen LogP contribution in [0.25, 0.3) is 10.9 Å². The summed E-state index contributed by atoms with van der Waals surface area (Å²) in [5.74, 6) is 1.89. The Morgan fingerprint density at radius 2 is 1.85 bits per heavy atom. The highest BCUT2D eigenvalue weighted by Crippen LogP contribution is 2.39. The van der Waals surface area contributed by atoms with Gasteiger partial charge in [-0.3, -0.25) is 0 Å². The predicted molar refractivity (Wildman–Crippen MR) is 119 cm³/mol. The van der Waals surface area contributed by atoms with Gasteiger partial charge in [-0.05, 0) is 31.7 Å². The first-order valence-electron chi connectivity index (χ1n) is 10.6. The van der Waals surface area contributed by atoms with Crippen LogP contribution in [0, 0.1) is 12.8 Å². The zero-order valence-corrected chi connectivity index (χ0v) is 18.9. The number of rotatable bonds is 9. The molecule has 2 aromatic heterocycles. The van der Waals surface area contributed by atoms with Crippen LogP contribution < -0.4 is 20.5 Å². The average Bonchev–Trinajstić information content (AvgIpc) is 3.61. The number of nitrogens with two attached hydrogens (primary N) is 1. The fourth-order valence-electron chi connectivity index (χ4n) is 3.61. The highest BCUT2D eigenvalue weighted by molar-refractivity contribution is 5.91.